The monoisotopic (exact) mass is 469 g/mol. The Morgan fingerprint density at radius 1 is 0.971 bits per heavy atom. The Morgan fingerprint density at radius 3 is 2.14 bits per heavy atom. The molecule has 1 saturated heterocycles. The van der Waals surface area contributed by atoms with E-state index in [2.05, 4.69) is 11.4 Å². The number of rotatable bonds is 7. The van der Waals surface area contributed by atoms with Crippen molar-refractivity contribution in [1.29, 1.82) is 5.26 Å². The predicted octanol–water partition coefficient (Wildman–Crippen LogP) is 3.89. The maximum atomic E-state index is 13.0. The molecule has 1 unspecified atom stereocenters. The molecule has 3 aromatic rings. The van der Waals surface area contributed by atoms with Gasteiger partial charge in [0.1, 0.15) is 23.5 Å². The van der Waals surface area contributed by atoms with Crippen molar-refractivity contribution in [2.75, 3.05) is 33.9 Å². The lowest BCUT2D eigenvalue weighted by Gasteiger charge is -2.27. The van der Waals surface area contributed by atoms with Gasteiger partial charge in [-0.15, -0.1) is 0 Å². The molecule has 0 saturated carbocycles. The van der Waals surface area contributed by atoms with Crippen LogP contribution in [0.25, 0.3) is 11.1 Å². The zero-order valence-electron chi connectivity index (χ0n) is 19.8. The highest BCUT2D eigenvalue weighted by atomic mass is 16.5. The Morgan fingerprint density at radius 2 is 1.57 bits per heavy atom. The lowest BCUT2D eigenvalue weighted by molar-refractivity contribution is -0.131. The first-order valence-corrected chi connectivity index (χ1v) is 11.4. The van der Waals surface area contributed by atoms with Gasteiger partial charge in [-0.1, -0.05) is 24.3 Å². The summed E-state index contributed by atoms with van der Waals surface area (Å²) in [6.07, 6.45) is 0.512. The first-order valence-electron chi connectivity index (χ1n) is 11.4. The fourth-order valence-corrected chi connectivity index (χ4v) is 4.30. The van der Waals surface area contributed by atoms with E-state index in [-0.39, 0.29) is 25.0 Å². The number of nitriles is 1. The number of methoxy groups -OCH3 is 1. The van der Waals surface area contributed by atoms with Crippen LogP contribution >= 0.6 is 0 Å². The summed E-state index contributed by atoms with van der Waals surface area (Å²) in [6.45, 7) is 0.912. The van der Waals surface area contributed by atoms with Gasteiger partial charge in [0.15, 0.2) is 0 Å². The Hall–Kier alpha value is -4.31. The summed E-state index contributed by atoms with van der Waals surface area (Å²) >= 11 is 0. The fourth-order valence-electron chi connectivity index (χ4n) is 4.30. The van der Waals surface area contributed by atoms with Crippen LogP contribution in [0.2, 0.25) is 0 Å². The first-order chi connectivity index (χ1) is 17.0. The number of hydrogen-bond acceptors (Lipinski definition) is 5. The summed E-state index contributed by atoms with van der Waals surface area (Å²) in [5, 5.41) is 11.7. The molecule has 1 fully saturated rings. The second kappa shape index (κ2) is 10.3. The van der Waals surface area contributed by atoms with Crippen LogP contribution in [0, 0.1) is 16.7 Å². The van der Waals surface area contributed by atoms with Gasteiger partial charge in [-0.05, 0) is 66.1 Å². The Kier molecular flexibility index (Phi) is 7.02. The Balaban J connectivity index is 1.44. The molecule has 1 heterocycles. The number of nitrogens with zero attached hydrogens (tertiary/aromatic N) is 2. The molecule has 7 heteroatoms. The van der Waals surface area contributed by atoms with E-state index in [1.165, 1.54) is 0 Å². The molecular weight excluding hydrogens is 442 g/mol. The number of ether oxygens (including phenoxy) is 2. The first kappa shape index (κ1) is 23.8. The number of carbonyl (C=O) groups is 2. The number of amides is 2. The molecule has 3 aromatic carbocycles. The van der Waals surface area contributed by atoms with E-state index in [1.807, 2.05) is 36.4 Å². The molecule has 4 rings (SSSR count). The molecule has 2 amide bonds. The Labute approximate surface area is 204 Å². The quantitative estimate of drug-likeness (QED) is 0.567. The van der Waals surface area contributed by atoms with E-state index in [0.29, 0.717) is 35.6 Å². The molecule has 35 heavy (non-hydrogen) atoms. The molecule has 1 aliphatic rings. The average molecular weight is 470 g/mol. The third kappa shape index (κ3) is 5.12. The fraction of sp³-hybridized carbons (Fsp3) is 0.250. The molecule has 1 aliphatic heterocycles. The van der Waals surface area contributed by atoms with Crippen molar-refractivity contribution in [2.45, 2.75) is 6.42 Å². The van der Waals surface area contributed by atoms with Gasteiger partial charge in [-0.3, -0.25) is 9.59 Å². The smallest absolute Gasteiger partial charge is 0.253 e. The maximum Gasteiger partial charge on any atom is 0.253 e. The molecule has 0 aromatic heterocycles. The van der Waals surface area contributed by atoms with Gasteiger partial charge < -0.3 is 19.7 Å². The van der Waals surface area contributed by atoms with E-state index >= 15 is 0 Å². The minimum atomic E-state index is -0.831. The normalized spacial score (nSPS) is 16.9. The van der Waals surface area contributed by atoms with Crippen LogP contribution in [0.15, 0.2) is 72.8 Å². The van der Waals surface area contributed by atoms with Crippen LogP contribution in [0.4, 0.5) is 0 Å². The van der Waals surface area contributed by atoms with Crippen molar-refractivity contribution in [3.63, 3.8) is 0 Å². The maximum absolute atomic E-state index is 13.0. The lowest BCUT2D eigenvalue weighted by Crippen LogP contribution is -2.46. The highest BCUT2D eigenvalue weighted by Gasteiger charge is 2.46. The number of likely N-dealkylation sites (tertiary alicyclic amines) is 1. The van der Waals surface area contributed by atoms with Crippen molar-refractivity contribution >= 4 is 11.8 Å². The molecule has 0 spiro atoms. The van der Waals surface area contributed by atoms with Gasteiger partial charge in [0.25, 0.3) is 5.91 Å². The highest BCUT2D eigenvalue weighted by Crippen LogP contribution is 2.33. The zero-order chi connectivity index (χ0) is 24.8. The van der Waals surface area contributed by atoms with Gasteiger partial charge >= 0.3 is 0 Å². The van der Waals surface area contributed by atoms with Crippen LogP contribution < -0.4 is 14.8 Å². The number of carbonyl (C=O) groups excluding carboxylic acids is 2. The summed E-state index contributed by atoms with van der Waals surface area (Å²) in [7, 11) is 3.18. The van der Waals surface area contributed by atoms with Crippen molar-refractivity contribution in [2.24, 2.45) is 5.41 Å². The summed E-state index contributed by atoms with van der Waals surface area (Å²) in [4.78, 5) is 27.6. The van der Waals surface area contributed by atoms with Crippen LogP contribution in [-0.4, -0.2) is 50.6 Å². The Bertz CT molecular complexity index is 1230. The van der Waals surface area contributed by atoms with Crippen LogP contribution in [0.3, 0.4) is 0 Å². The van der Waals surface area contributed by atoms with Gasteiger partial charge in [0, 0.05) is 25.7 Å². The van der Waals surface area contributed by atoms with E-state index in [9.17, 15) is 9.59 Å². The lowest BCUT2D eigenvalue weighted by atomic mass is 9.87. The van der Waals surface area contributed by atoms with Crippen molar-refractivity contribution in [3.05, 3.63) is 83.9 Å². The summed E-state index contributed by atoms with van der Waals surface area (Å²) in [5.41, 5.74) is 2.34. The highest BCUT2D eigenvalue weighted by molar-refractivity contribution is 5.95. The minimum Gasteiger partial charge on any atom is -0.497 e. The van der Waals surface area contributed by atoms with E-state index in [1.54, 1.807) is 55.5 Å². The van der Waals surface area contributed by atoms with Crippen LogP contribution in [-0.2, 0) is 4.79 Å². The van der Waals surface area contributed by atoms with E-state index in [4.69, 9.17) is 14.7 Å². The van der Waals surface area contributed by atoms with Gasteiger partial charge in [0.05, 0.1) is 18.7 Å². The second-order valence-electron chi connectivity index (χ2n) is 8.57. The topological polar surface area (TPSA) is 91.7 Å². The molecule has 0 bridgehead atoms. The number of nitrogens with one attached hydrogen (secondary N) is 1. The van der Waals surface area contributed by atoms with Crippen molar-refractivity contribution in [3.8, 4) is 28.7 Å². The van der Waals surface area contributed by atoms with E-state index < -0.39 is 5.41 Å². The van der Waals surface area contributed by atoms with Crippen LogP contribution in [0.5, 0.6) is 11.5 Å². The van der Waals surface area contributed by atoms with Gasteiger partial charge in [-0.25, -0.2) is 0 Å². The second-order valence-corrected chi connectivity index (χ2v) is 8.57. The van der Waals surface area contributed by atoms with E-state index in [0.717, 1.165) is 11.1 Å². The van der Waals surface area contributed by atoms with Crippen molar-refractivity contribution < 1.29 is 19.1 Å². The van der Waals surface area contributed by atoms with Crippen molar-refractivity contribution in [1.82, 2.24) is 10.2 Å². The molecule has 1 atom stereocenters. The average Bonchev–Trinajstić information content (AvgIpc) is 3.37. The summed E-state index contributed by atoms with van der Waals surface area (Å²) in [6, 6.07) is 24.1. The molecule has 178 valence electrons. The third-order valence-corrected chi connectivity index (χ3v) is 6.40. The summed E-state index contributed by atoms with van der Waals surface area (Å²) in [5.74, 6) is 1.06. The molecule has 0 aliphatic carbocycles. The molecule has 1 N–H and O–H groups in total. The number of hydrogen-bond donors (Lipinski definition) is 1. The van der Waals surface area contributed by atoms with Crippen LogP contribution in [0.1, 0.15) is 22.3 Å². The van der Waals surface area contributed by atoms with Gasteiger partial charge in [-0.2, -0.15) is 5.26 Å². The SMILES string of the molecule is CNC(=O)C1(COc2ccc(-c3ccc(C#N)cc3)cc2)CCN(C(=O)c2ccc(OC)cc2)C1. The van der Waals surface area contributed by atoms with Gasteiger partial charge in [0.2, 0.25) is 5.91 Å². The summed E-state index contributed by atoms with van der Waals surface area (Å²) < 4.78 is 11.2. The number of benzene rings is 3. The zero-order valence-corrected chi connectivity index (χ0v) is 19.8. The molecule has 7 nitrogen and oxygen atoms in total. The third-order valence-electron chi connectivity index (χ3n) is 6.40. The molecular formula is C28H27N3O4. The molecule has 0 radical (unpaired) electrons. The standard InChI is InChI=1S/C28H27N3O4/c1-30-27(33)28(15-16-31(18-28)26(32)23-9-11-24(34-2)12-10-23)19-35-25-13-7-22(8-14-25)21-5-3-20(17-29)4-6-21/h3-14H,15-16,18-19H2,1-2H3,(H,30,33). The minimum absolute atomic E-state index is 0.120. The predicted molar refractivity (Wildman–Crippen MR) is 132 cm³/mol. The largest absolute Gasteiger partial charge is 0.497 e.